The molecule has 0 atom stereocenters. The third-order valence-corrected chi connectivity index (χ3v) is 2.43. The van der Waals surface area contributed by atoms with Crippen molar-refractivity contribution in [3.63, 3.8) is 0 Å². The summed E-state index contributed by atoms with van der Waals surface area (Å²) in [6, 6.07) is 2.85. The summed E-state index contributed by atoms with van der Waals surface area (Å²) in [5.74, 6) is 0. The van der Waals surface area contributed by atoms with Crippen LogP contribution in [0.15, 0.2) is 10.9 Å². The molecule has 1 N–H and O–H groups in total. The molecule has 0 saturated carbocycles. The molecule has 0 aromatic carbocycles. The zero-order valence-electron chi connectivity index (χ0n) is 7.56. The lowest BCUT2D eigenvalue weighted by molar-refractivity contribution is 0.148. The summed E-state index contributed by atoms with van der Waals surface area (Å²) < 4.78 is 25.0. The number of aromatic amines is 1. The van der Waals surface area contributed by atoms with Crippen molar-refractivity contribution < 1.29 is 8.78 Å². The second kappa shape index (κ2) is 5.03. The third-order valence-electron chi connectivity index (χ3n) is 1.83. The summed E-state index contributed by atoms with van der Waals surface area (Å²) in [7, 11) is 0. The van der Waals surface area contributed by atoms with Gasteiger partial charge in [0.2, 0.25) is 0 Å². The van der Waals surface area contributed by atoms with Crippen molar-refractivity contribution in [2.75, 3.05) is 0 Å². The first kappa shape index (κ1) is 11.9. The van der Waals surface area contributed by atoms with Gasteiger partial charge in [-0.3, -0.25) is 4.79 Å². The average Bonchev–Trinajstić information content (AvgIpc) is 2.16. The Morgan fingerprint density at radius 1 is 1.60 bits per heavy atom. The topological polar surface area (TPSA) is 56.6 Å². The second-order valence-corrected chi connectivity index (χ2v) is 3.38. The molecule has 0 amide bonds. The molecule has 3 nitrogen and oxygen atoms in total. The minimum Gasteiger partial charge on any atom is -0.360 e. The van der Waals surface area contributed by atoms with E-state index >= 15 is 0 Å². The Kier molecular flexibility index (Phi) is 3.97. The molecule has 0 aliphatic carbocycles. The Bertz CT molecular complexity index is 450. The third kappa shape index (κ3) is 2.63. The van der Waals surface area contributed by atoms with Crippen molar-refractivity contribution in [2.24, 2.45) is 0 Å². The van der Waals surface area contributed by atoms with Crippen LogP contribution >= 0.6 is 15.9 Å². The maximum absolute atomic E-state index is 12.5. The minimum absolute atomic E-state index is 0.00514. The summed E-state index contributed by atoms with van der Waals surface area (Å²) in [4.78, 5) is 13.9. The van der Waals surface area contributed by atoms with Crippen LogP contribution in [0.3, 0.4) is 0 Å². The first-order chi connectivity index (χ1) is 7.10. The van der Waals surface area contributed by atoms with Gasteiger partial charge in [0, 0.05) is 22.8 Å². The van der Waals surface area contributed by atoms with E-state index in [1.165, 1.54) is 0 Å². The molecule has 0 unspecified atom stereocenters. The van der Waals surface area contributed by atoms with Crippen LogP contribution in [0.2, 0.25) is 0 Å². The van der Waals surface area contributed by atoms with E-state index in [9.17, 15) is 13.6 Å². The molecule has 80 valence electrons. The summed E-state index contributed by atoms with van der Waals surface area (Å²) in [6.07, 6.45) is -3.09. The van der Waals surface area contributed by atoms with E-state index in [0.717, 1.165) is 6.07 Å². The maximum atomic E-state index is 12.5. The highest BCUT2D eigenvalue weighted by atomic mass is 79.9. The molecule has 1 aromatic rings. The molecule has 0 saturated heterocycles. The van der Waals surface area contributed by atoms with Gasteiger partial charge in [-0.25, -0.2) is 8.78 Å². The van der Waals surface area contributed by atoms with Crippen molar-refractivity contribution >= 4 is 15.9 Å². The predicted octanol–water partition coefficient (Wildman–Crippen LogP) is 2.27. The number of H-pyrrole nitrogens is 1. The Labute approximate surface area is 92.9 Å². The van der Waals surface area contributed by atoms with Crippen LogP contribution in [-0.4, -0.2) is 4.98 Å². The molecule has 1 rings (SSSR count). The Hall–Kier alpha value is -1.22. The quantitative estimate of drug-likeness (QED) is 0.861. The lowest BCUT2D eigenvalue weighted by Crippen LogP contribution is -2.15. The first-order valence-corrected chi connectivity index (χ1v) is 5.18. The standard InChI is InChI=1S/C9H7BrF2N2O/c10-4-5-3-7(15)8(9(11)12)6(14-5)1-2-13/h3,9H,1,4H2,(H,14,15). The maximum Gasteiger partial charge on any atom is 0.269 e. The highest BCUT2D eigenvalue weighted by Gasteiger charge is 2.18. The van der Waals surface area contributed by atoms with Gasteiger partial charge in [0.15, 0.2) is 5.43 Å². The van der Waals surface area contributed by atoms with Crippen LogP contribution in [-0.2, 0) is 11.8 Å². The molecular formula is C9H7BrF2N2O. The molecule has 0 spiro atoms. The van der Waals surface area contributed by atoms with E-state index in [1.54, 1.807) is 6.07 Å². The Morgan fingerprint density at radius 3 is 2.73 bits per heavy atom. The van der Waals surface area contributed by atoms with E-state index < -0.39 is 17.4 Å². The normalized spacial score (nSPS) is 10.3. The number of aromatic nitrogens is 1. The lowest BCUT2D eigenvalue weighted by atomic mass is 10.1. The van der Waals surface area contributed by atoms with Gasteiger partial charge in [0.05, 0.1) is 18.1 Å². The van der Waals surface area contributed by atoms with E-state index in [-0.39, 0.29) is 12.1 Å². The number of hydrogen-bond acceptors (Lipinski definition) is 2. The fourth-order valence-corrected chi connectivity index (χ4v) is 1.51. The molecule has 1 heterocycles. The molecule has 6 heteroatoms. The van der Waals surface area contributed by atoms with Crippen LogP contribution < -0.4 is 5.43 Å². The highest BCUT2D eigenvalue weighted by Crippen LogP contribution is 2.19. The van der Waals surface area contributed by atoms with Crippen molar-refractivity contribution in [2.45, 2.75) is 18.2 Å². The Morgan fingerprint density at radius 2 is 2.27 bits per heavy atom. The molecule has 0 aliphatic rings. The first-order valence-electron chi connectivity index (χ1n) is 4.06. The summed E-state index contributed by atoms with van der Waals surface area (Å²) in [5.41, 5.74) is -0.867. The van der Waals surface area contributed by atoms with E-state index in [2.05, 4.69) is 20.9 Å². The Balaban J connectivity index is 3.37. The fourth-order valence-electron chi connectivity index (χ4n) is 1.21. The van der Waals surface area contributed by atoms with Gasteiger partial charge >= 0.3 is 0 Å². The number of rotatable bonds is 3. The zero-order chi connectivity index (χ0) is 11.4. The minimum atomic E-state index is -2.86. The number of pyridine rings is 1. The number of nitrogens with zero attached hydrogens (tertiary/aromatic N) is 1. The van der Waals surface area contributed by atoms with Crippen LogP contribution in [0.1, 0.15) is 23.4 Å². The molecule has 0 aliphatic heterocycles. The molecule has 0 fully saturated rings. The SMILES string of the molecule is N#CCc1[nH]c(CBr)cc(=O)c1C(F)F. The fraction of sp³-hybridized carbons (Fsp3) is 0.333. The van der Waals surface area contributed by atoms with Gasteiger partial charge in [-0.05, 0) is 0 Å². The van der Waals surface area contributed by atoms with Crippen molar-refractivity contribution in [3.05, 3.63) is 33.2 Å². The monoisotopic (exact) mass is 276 g/mol. The average molecular weight is 277 g/mol. The van der Waals surface area contributed by atoms with Gasteiger partial charge in [-0.15, -0.1) is 0 Å². The molecule has 0 bridgehead atoms. The van der Waals surface area contributed by atoms with Gasteiger partial charge in [0.1, 0.15) is 0 Å². The van der Waals surface area contributed by atoms with Gasteiger partial charge in [-0.1, -0.05) is 15.9 Å². The number of hydrogen-bond donors (Lipinski definition) is 1. The van der Waals surface area contributed by atoms with Gasteiger partial charge in [0.25, 0.3) is 6.43 Å². The molecule has 15 heavy (non-hydrogen) atoms. The largest absolute Gasteiger partial charge is 0.360 e. The summed E-state index contributed by atoms with van der Waals surface area (Å²) >= 11 is 3.10. The van der Waals surface area contributed by atoms with Crippen LogP contribution in [0.4, 0.5) is 8.78 Å². The van der Waals surface area contributed by atoms with Crippen molar-refractivity contribution in [3.8, 4) is 6.07 Å². The number of halogens is 3. The van der Waals surface area contributed by atoms with Crippen LogP contribution in [0, 0.1) is 11.3 Å². The van der Waals surface area contributed by atoms with Crippen molar-refractivity contribution in [1.29, 1.82) is 5.26 Å². The highest BCUT2D eigenvalue weighted by molar-refractivity contribution is 9.08. The second-order valence-electron chi connectivity index (χ2n) is 2.82. The van der Waals surface area contributed by atoms with Crippen LogP contribution in [0.5, 0.6) is 0 Å². The molecule has 1 aromatic heterocycles. The molecule has 0 radical (unpaired) electrons. The number of nitriles is 1. The van der Waals surface area contributed by atoms with E-state index in [1.807, 2.05) is 0 Å². The number of alkyl halides is 3. The molecular weight excluding hydrogens is 270 g/mol. The summed E-state index contributed by atoms with van der Waals surface area (Å²) in [6.45, 7) is 0. The van der Waals surface area contributed by atoms with E-state index in [4.69, 9.17) is 5.26 Å². The predicted molar refractivity (Wildman–Crippen MR) is 54.0 cm³/mol. The zero-order valence-corrected chi connectivity index (χ0v) is 9.14. The van der Waals surface area contributed by atoms with E-state index in [0.29, 0.717) is 11.0 Å². The smallest absolute Gasteiger partial charge is 0.269 e. The summed E-state index contributed by atoms with van der Waals surface area (Å²) in [5, 5.41) is 8.80. The van der Waals surface area contributed by atoms with Crippen LogP contribution in [0.25, 0.3) is 0 Å². The van der Waals surface area contributed by atoms with Gasteiger partial charge < -0.3 is 4.98 Å². The van der Waals surface area contributed by atoms with Crippen molar-refractivity contribution in [1.82, 2.24) is 4.98 Å². The number of nitrogens with one attached hydrogen (secondary N) is 1. The van der Waals surface area contributed by atoms with Gasteiger partial charge in [-0.2, -0.15) is 5.26 Å². The lowest BCUT2D eigenvalue weighted by Gasteiger charge is -2.07.